The highest BCUT2D eigenvalue weighted by Crippen LogP contribution is 2.25. The number of nitrogens with zero attached hydrogens (tertiary/aromatic N) is 2. The van der Waals surface area contributed by atoms with Crippen LogP contribution in [0.4, 0.5) is 5.69 Å². The fraction of sp³-hybridized carbons (Fsp3) is 0.462. The van der Waals surface area contributed by atoms with Crippen LogP contribution in [0.25, 0.3) is 0 Å². The molecule has 2 unspecified atom stereocenters. The Hall–Kier alpha value is -1.37. The van der Waals surface area contributed by atoms with E-state index < -0.39 is 4.92 Å². The van der Waals surface area contributed by atoms with Gasteiger partial charge in [0.1, 0.15) is 5.56 Å². The Kier molecular flexibility index (Phi) is 5.95. The number of carbonyl (C=O) groups is 1. The molecule has 1 aliphatic rings. The third-order valence-electron chi connectivity index (χ3n) is 3.23. The third-order valence-corrected chi connectivity index (χ3v) is 3.47. The lowest BCUT2D eigenvalue weighted by molar-refractivity contribution is -0.385. The number of amides is 1. The van der Waals surface area contributed by atoms with Crippen molar-refractivity contribution in [2.75, 3.05) is 13.1 Å². The molecule has 1 saturated heterocycles. The summed E-state index contributed by atoms with van der Waals surface area (Å²) in [5.74, 6) is -0.325. The van der Waals surface area contributed by atoms with Gasteiger partial charge in [-0.25, -0.2) is 0 Å². The molecule has 1 aromatic carbocycles. The van der Waals surface area contributed by atoms with E-state index in [1.165, 1.54) is 18.2 Å². The van der Waals surface area contributed by atoms with Crippen LogP contribution in [0.5, 0.6) is 0 Å². The first kappa shape index (κ1) is 17.7. The van der Waals surface area contributed by atoms with Gasteiger partial charge in [-0.3, -0.25) is 14.9 Å². The summed E-state index contributed by atoms with van der Waals surface area (Å²) in [6.45, 7) is 5.02. The van der Waals surface area contributed by atoms with E-state index in [4.69, 9.17) is 11.6 Å². The Labute approximate surface area is 134 Å². The fourth-order valence-corrected chi connectivity index (χ4v) is 2.67. The van der Waals surface area contributed by atoms with Crippen LogP contribution >= 0.6 is 24.0 Å². The molecule has 0 spiro atoms. The van der Waals surface area contributed by atoms with Gasteiger partial charge in [-0.15, -0.1) is 12.4 Å². The largest absolute Gasteiger partial charge is 0.335 e. The number of nitrogens with one attached hydrogen (secondary N) is 1. The van der Waals surface area contributed by atoms with Gasteiger partial charge in [-0.1, -0.05) is 11.6 Å². The van der Waals surface area contributed by atoms with Crippen molar-refractivity contribution in [1.29, 1.82) is 0 Å². The molecule has 1 aromatic rings. The van der Waals surface area contributed by atoms with Gasteiger partial charge < -0.3 is 10.2 Å². The van der Waals surface area contributed by atoms with E-state index in [-0.39, 0.29) is 46.7 Å². The van der Waals surface area contributed by atoms with Crippen molar-refractivity contribution in [3.05, 3.63) is 38.9 Å². The number of nitro benzene ring substituents is 1. The quantitative estimate of drug-likeness (QED) is 0.666. The molecular formula is C13H17Cl2N3O3. The van der Waals surface area contributed by atoms with Crippen molar-refractivity contribution in [2.45, 2.75) is 25.9 Å². The SMILES string of the molecule is CC1CN(C(=O)c2ccc(Cl)cc2[N+](=O)[O-])CC(C)N1.Cl. The summed E-state index contributed by atoms with van der Waals surface area (Å²) in [4.78, 5) is 24.6. The highest BCUT2D eigenvalue weighted by atomic mass is 35.5. The monoisotopic (exact) mass is 333 g/mol. The summed E-state index contributed by atoms with van der Waals surface area (Å²) < 4.78 is 0. The molecule has 1 amide bonds. The minimum Gasteiger partial charge on any atom is -0.335 e. The van der Waals surface area contributed by atoms with Gasteiger partial charge >= 0.3 is 0 Å². The molecular weight excluding hydrogens is 317 g/mol. The van der Waals surface area contributed by atoms with Gasteiger partial charge in [0.15, 0.2) is 0 Å². The topological polar surface area (TPSA) is 75.5 Å². The van der Waals surface area contributed by atoms with Gasteiger partial charge in [-0.05, 0) is 26.0 Å². The van der Waals surface area contributed by atoms with Crippen LogP contribution in [-0.2, 0) is 0 Å². The number of nitro groups is 1. The van der Waals surface area contributed by atoms with Crippen LogP contribution < -0.4 is 5.32 Å². The molecule has 1 N–H and O–H groups in total. The summed E-state index contributed by atoms with van der Waals surface area (Å²) >= 11 is 5.76. The number of hydrogen-bond acceptors (Lipinski definition) is 4. The van der Waals surface area contributed by atoms with E-state index in [9.17, 15) is 14.9 Å². The van der Waals surface area contributed by atoms with E-state index >= 15 is 0 Å². The second-order valence-corrected chi connectivity index (χ2v) is 5.53. The van der Waals surface area contributed by atoms with E-state index in [1.54, 1.807) is 4.90 Å². The number of rotatable bonds is 2. The first-order valence-corrected chi connectivity index (χ1v) is 6.75. The van der Waals surface area contributed by atoms with Crippen molar-refractivity contribution < 1.29 is 9.72 Å². The van der Waals surface area contributed by atoms with Crippen LogP contribution in [0.15, 0.2) is 18.2 Å². The minimum atomic E-state index is -0.575. The first-order chi connectivity index (χ1) is 9.38. The van der Waals surface area contributed by atoms with Crippen LogP contribution in [0.2, 0.25) is 5.02 Å². The normalized spacial score (nSPS) is 21.6. The molecule has 0 aromatic heterocycles. The van der Waals surface area contributed by atoms with E-state index in [1.807, 2.05) is 13.8 Å². The van der Waals surface area contributed by atoms with E-state index in [0.717, 1.165) is 0 Å². The maximum atomic E-state index is 12.5. The average Bonchev–Trinajstić information content (AvgIpc) is 2.36. The third kappa shape index (κ3) is 4.06. The number of benzene rings is 1. The Morgan fingerprint density at radius 1 is 1.38 bits per heavy atom. The molecule has 21 heavy (non-hydrogen) atoms. The maximum Gasteiger partial charge on any atom is 0.283 e. The summed E-state index contributed by atoms with van der Waals surface area (Å²) in [7, 11) is 0. The van der Waals surface area contributed by atoms with Gasteiger partial charge in [-0.2, -0.15) is 0 Å². The maximum absolute atomic E-state index is 12.5. The van der Waals surface area contributed by atoms with Crippen molar-refractivity contribution in [1.82, 2.24) is 10.2 Å². The molecule has 1 heterocycles. The second kappa shape index (κ2) is 7.06. The Morgan fingerprint density at radius 3 is 2.48 bits per heavy atom. The standard InChI is InChI=1S/C13H16ClN3O3.ClH/c1-8-6-16(7-9(2)15-8)13(18)11-4-3-10(14)5-12(11)17(19)20;/h3-5,8-9,15H,6-7H2,1-2H3;1H. The smallest absolute Gasteiger partial charge is 0.283 e. The summed E-state index contributed by atoms with van der Waals surface area (Å²) in [5, 5.41) is 14.6. The van der Waals surface area contributed by atoms with Crippen LogP contribution in [-0.4, -0.2) is 40.9 Å². The lowest BCUT2D eigenvalue weighted by Crippen LogP contribution is -2.55. The Balaban J connectivity index is 0.00000220. The number of carbonyl (C=O) groups excluding carboxylic acids is 1. The van der Waals surface area contributed by atoms with Crippen LogP contribution in [0.1, 0.15) is 24.2 Å². The zero-order valence-electron chi connectivity index (χ0n) is 11.7. The predicted octanol–water partition coefficient (Wildman–Crippen LogP) is 2.49. The second-order valence-electron chi connectivity index (χ2n) is 5.10. The lowest BCUT2D eigenvalue weighted by atomic mass is 10.1. The molecule has 0 saturated carbocycles. The molecule has 1 fully saturated rings. The first-order valence-electron chi connectivity index (χ1n) is 6.37. The van der Waals surface area contributed by atoms with Crippen LogP contribution in [0.3, 0.4) is 0 Å². The van der Waals surface area contributed by atoms with Crippen molar-refractivity contribution in [3.8, 4) is 0 Å². The highest BCUT2D eigenvalue weighted by molar-refractivity contribution is 6.31. The van der Waals surface area contributed by atoms with Crippen molar-refractivity contribution >= 4 is 35.6 Å². The molecule has 0 radical (unpaired) electrons. The van der Waals surface area contributed by atoms with Gasteiger partial charge in [0.05, 0.1) is 4.92 Å². The zero-order chi connectivity index (χ0) is 14.9. The number of hydrogen-bond donors (Lipinski definition) is 1. The molecule has 116 valence electrons. The van der Waals surface area contributed by atoms with Gasteiger partial charge in [0.2, 0.25) is 0 Å². The number of piperazine rings is 1. The summed E-state index contributed by atoms with van der Waals surface area (Å²) in [5.41, 5.74) is -0.165. The fourth-order valence-electron chi connectivity index (χ4n) is 2.50. The van der Waals surface area contributed by atoms with E-state index in [0.29, 0.717) is 13.1 Å². The average molecular weight is 334 g/mol. The summed E-state index contributed by atoms with van der Waals surface area (Å²) in [6, 6.07) is 4.45. The Morgan fingerprint density at radius 2 is 1.95 bits per heavy atom. The Bertz CT molecular complexity index is 543. The highest BCUT2D eigenvalue weighted by Gasteiger charge is 2.29. The molecule has 0 aliphatic carbocycles. The molecule has 1 aliphatic heterocycles. The molecule has 6 nitrogen and oxygen atoms in total. The molecule has 2 rings (SSSR count). The van der Waals surface area contributed by atoms with Gasteiger partial charge in [0, 0.05) is 36.3 Å². The minimum absolute atomic E-state index is 0. The van der Waals surface area contributed by atoms with E-state index in [2.05, 4.69) is 5.32 Å². The molecule has 2 atom stereocenters. The summed E-state index contributed by atoms with van der Waals surface area (Å²) in [6.07, 6.45) is 0. The van der Waals surface area contributed by atoms with Crippen molar-refractivity contribution in [3.63, 3.8) is 0 Å². The lowest BCUT2D eigenvalue weighted by Gasteiger charge is -2.36. The number of halogens is 2. The predicted molar refractivity (Wildman–Crippen MR) is 83.3 cm³/mol. The van der Waals surface area contributed by atoms with Crippen molar-refractivity contribution in [2.24, 2.45) is 0 Å². The zero-order valence-corrected chi connectivity index (χ0v) is 13.3. The molecule has 8 heteroatoms. The van der Waals surface area contributed by atoms with Gasteiger partial charge in [0.25, 0.3) is 11.6 Å². The molecule has 0 bridgehead atoms. The van der Waals surface area contributed by atoms with Crippen LogP contribution in [0, 0.1) is 10.1 Å².